The van der Waals surface area contributed by atoms with Crippen LogP contribution in [-0.4, -0.2) is 69.2 Å². The Morgan fingerprint density at radius 1 is 1.18 bits per heavy atom. The van der Waals surface area contributed by atoms with E-state index in [4.69, 9.17) is 23.7 Å². The molecule has 5 rings (SSSR count). The van der Waals surface area contributed by atoms with E-state index in [0.29, 0.717) is 30.2 Å². The quantitative estimate of drug-likeness (QED) is 0.657. The molecular weight excluding hydrogens is 430 g/mol. The number of methoxy groups -OCH3 is 3. The molecule has 2 saturated heterocycles. The lowest BCUT2D eigenvalue weighted by Crippen LogP contribution is -2.61. The molecule has 0 bridgehead atoms. The first kappa shape index (κ1) is 21.9. The molecule has 2 spiro atoms. The van der Waals surface area contributed by atoms with Crippen LogP contribution in [0.15, 0.2) is 18.2 Å². The summed E-state index contributed by atoms with van der Waals surface area (Å²) in [5, 5.41) is 0. The molecular formula is C24H27NO8. The zero-order valence-corrected chi connectivity index (χ0v) is 19.1. The summed E-state index contributed by atoms with van der Waals surface area (Å²) >= 11 is 0. The van der Waals surface area contributed by atoms with Crippen molar-refractivity contribution in [2.75, 3.05) is 34.5 Å². The fraction of sp³-hybridized carbons (Fsp3) is 0.542. The lowest BCUT2D eigenvalue weighted by molar-refractivity contribution is -0.253. The Balaban J connectivity index is 1.75. The number of allylic oxidation sites excluding steroid dienone is 1. The van der Waals surface area contributed by atoms with E-state index in [2.05, 4.69) is 0 Å². The number of amides is 1. The zero-order chi connectivity index (χ0) is 23.5. The zero-order valence-electron chi connectivity index (χ0n) is 19.1. The van der Waals surface area contributed by atoms with Gasteiger partial charge in [0.25, 0.3) is 5.91 Å². The molecule has 4 aliphatic rings. The third kappa shape index (κ3) is 2.75. The van der Waals surface area contributed by atoms with Crippen molar-refractivity contribution < 1.29 is 38.1 Å². The highest BCUT2D eigenvalue weighted by Gasteiger charge is 2.73. The lowest BCUT2D eigenvalue weighted by Gasteiger charge is -2.54. The van der Waals surface area contributed by atoms with Crippen LogP contribution >= 0.6 is 0 Å². The Morgan fingerprint density at radius 3 is 2.61 bits per heavy atom. The third-order valence-corrected chi connectivity index (χ3v) is 7.40. The Hall–Kier alpha value is -2.91. The van der Waals surface area contributed by atoms with E-state index >= 15 is 0 Å². The topological polar surface area (TPSA) is 101 Å². The third-order valence-electron chi connectivity index (χ3n) is 7.40. The molecule has 9 heteroatoms. The molecule has 1 aromatic carbocycles. The molecule has 3 heterocycles. The van der Waals surface area contributed by atoms with Crippen molar-refractivity contribution in [3.05, 3.63) is 29.3 Å². The monoisotopic (exact) mass is 457 g/mol. The van der Waals surface area contributed by atoms with Gasteiger partial charge in [0.2, 0.25) is 5.75 Å². The van der Waals surface area contributed by atoms with E-state index in [9.17, 15) is 14.4 Å². The SMILES string of the molecule is COc1cc2c(c(OC)c1OC)CCN1C(=O)[C@H]3OC(CC(C)=O)OC[C@]34C=CC(=O)C[C@]214. The summed E-state index contributed by atoms with van der Waals surface area (Å²) in [6, 6.07) is 1.84. The molecule has 0 radical (unpaired) electrons. The molecule has 0 saturated carbocycles. The molecule has 0 aromatic heterocycles. The van der Waals surface area contributed by atoms with E-state index in [1.54, 1.807) is 25.2 Å². The molecule has 1 unspecified atom stereocenters. The number of carbonyl (C=O) groups is 3. The Labute approximate surface area is 191 Å². The second kappa shape index (κ2) is 7.56. The van der Waals surface area contributed by atoms with Gasteiger partial charge in [-0.2, -0.15) is 0 Å². The molecule has 33 heavy (non-hydrogen) atoms. The average molecular weight is 457 g/mol. The van der Waals surface area contributed by atoms with Gasteiger partial charge < -0.3 is 28.6 Å². The van der Waals surface area contributed by atoms with Crippen LogP contribution in [0.2, 0.25) is 0 Å². The predicted molar refractivity (Wildman–Crippen MR) is 114 cm³/mol. The minimum Gasteiger partial charge on any atom is -0.493 e. The van der Waals surface area contributed by atoms with Crippen LogP contribution in [-0.2, 0) is 35.8 Å². The molecule has 2 fully saturated rings. The molecule has 176 valence electrons. The van der Waals surface area contributed by atoms with Crippen LogP contribution in [0.5, 0.6) is 17.2 Å². The number of ether oxygens (including phenoxy) is 5. The first-order valence-electron chi connectivity index (χ1n) is 11.0. The van der Waals surface area contributed by atoms with Gasteiger partial charge in [-0.25, -0.2) is 0 Å². The van der Waals surface area contributed by atoms with Gasteiger partial charge in [0.15, 0.2) is 29.7 Å². The predicted octanol–water partition coefficient (Wildman–Crippen LogP) is 1.54. The minimum atomic E-state index is -1.03. The first-order chi connectivity index (χ1) is 15.8. The summed E-state index contributed by atoms with van der Waals surface area (Å²) in [5.74, 6) is 1.06. The van der Waals surface area contributed by atoms with Gasteiger partial charge in [-0.3, -0.25) is 14.4 Å². The molecule has 1 aliphatic carbocycles. The second-order valence-electron chi connectivity index (χ2n) is 8.95. The standard InChI is InChI=1S/C24H27NO8/c1-13(26)9-18-32-12-23-7-5-14(27)11-24(23)16-10-17(29-2)20(31-4)19(30-3)15(16)6-8-25(24)22(28)21(23)33-18/h5,7,10,18,21H,6,8-9,11-12H2,1-4H3/t18?,21-,23-,24-/m1/s1. The Morgan fingerprint density at radius 2 is 1.94 bits per heavy atom. The van der Waals surface area contributed by atoms with Gasteiger partial charge in [0, 0.05) is 18.5 Å². The molecule has 4 atom stereocenters. The van der Waals surface area contributed by atoms with Crippen molar-refractivity contribution >= 4 is 17.5 Å². The normalized spacial score (nSPS) is 31.9. The van der Waals surface area contributed by atoms with Crippen molar-refractivity contribution in [2.24, 2.45) is 5.41 Å². The molecule has 9 nitrogen and oxygen atoms in total. The second-order valence-corrected chi connectivity index (χ2v) is 8.95. The average Bonchev–Trinajstić information content (AvgIpc) is 3.02. The summed E-state index contributed by atoms with van der Waals surface area (Å²) in [4.78, 5) is 40.0. The van der Waals surface area contributed by atoms with E-state index in [1.807, 2.05) is 6.07 Å². The van der Waals surface area contributed by atoms with Crippen LogP contribution < -0.4 is 14.2 Å². The van der Waals surface area contributed by atoms with Crippen LogP contribution in [0.4, 0.5) is 0 Å². The van der Waals surface area contributed by atoms with E-state index in [0.717, 1.165) is 11.1 Å². The van der Waals surface area contributed by atoms with E-state index in [-0.39, 0.29) is 36.9 Å². The van der Waals surface area contributed by atoms with E-state index in [1.165, 1.54) is 20.1 Å². The number of Topliss-reactive ketones (excluding diaryl/α,β-unsaturated/α-hetero) is 1. The molecule has 3 aliphatic heterocycles. The van der Waals surface area contributed by atoms with Gasteiger partial charge in [0.1, 0.15) is 5.78 Å². The lowest BCUT2D eigenvalue weighted by atomic mass is 9.58. The first-order valence-corrected chi connectivity index (χ1v) is 11.0. The van der Waals surface area contributed by atoms with Crippen LogP contribution in [0.25, 0.3) is 0 Å². The van der Waals surface area contributed by atoms with Crippen molar-refractivity contribution in [3.63, 3.8) is 0 Å². The Kier molecular flexibility index (Phi) is 5.02. The maximum Gasteiger partial charge on any atom is 0.253 e. The summed E-state index contributed by atoms with van der Waals surface area (Å²) < 4.78 is 29.0. The number of benzene rings is 1. The fourth-order valence-corrected chi connectivity index (χ4v) is 6.09. The molecule has 1 aromatic rings. The number of hydrogen-bond donors (Lipinski definition) is 0. The van der Waals surface area contributed by atoms with Crippen molar-refractivity contribution in [1.82, 2.24) is 4.90 Å². The largest absolute Gasteiger partial charge is 0.493 e. The smallest absolute Gasteiger partial charge is 0.253 e. The summed E-state index contributed by atoms with van der Waals surface area (Å²) in [6.45, 7) is 1.98. The summed E-state index contributed by atoms with van der Waals surface area (Å²) in [6.07, 6.45) is 2.27. The van der Waals surface area contributed by atoms with Crippen LogP contribution in [0.3, 0.4) is 0 Å². The number of nitrogens with zero attached hydrogens (tertiary/aromatic N) is 1. The fourth-order valence-electron chi connectivity index (χ4n) is 6.09. The number of hydrogen-bond acceptors (Lipinski definition) is 8. The Bertz CT molecular complexity index is 1080. The van der Waals surface area contributed by atoms with Gasteiger partial charge in [-0.15, -0.1) is 0 Å². The molecule has 1 amide bonds. The highest BCUT2D eigenvalue weighted by Crippen LogP contribution is 2.64. The highest BCUT2D eigenvalue weighted by molar-refractivity contribution is 5.97. The summed E-state index contributed by atoms with van der Waals surface area (Å²) in [5.41, 5.74) is -0.324. The van der Waals surface area contributed by atoms with Crippen molar-refractivity contribution in [3.8, 4) is 17.2 Å². The van der Waals surface area contributed by atoms with Crippen molar-refractivity contribution in [1.29, 1.82) is 0 Å². The number of fused-ring (bicyclic) bond motifs is 1. The highest BCUT2D eigenvalue weighted by atomic mass is 16.7. The molecule has 0 N–H and O–H groups in total. The summed E-state index contributed by atoms with van der Waals surface area (Å²) in [7, 11) is 4.64. The van der Waals surface area contributed by atoms with E-state index < -0.39 is 23.3 Å². The van der Waals surface area contributed by atoms with Crippen molar-refractivity contribution in [2.45, 2.75) is 44.1 Å². The maximum atomic E-state index is 13.7. The van der Waals surface area contributed by atoms with Gasteiger partial charge >= 0.3 is 0 Å². The number of carbonyl (C=O) groups excluding carboxylic acids is 3. The number of rotatable bonds is 5. The van der Waals surface area contributed by atoms with Gasteiger partial charge in [0.05, 0.1) is 45.3 Å². The van der Waals surface area contributed by atoms with Crippen LogP contribution in [0, 0.1) is 5.41 Å². The van der Waals surface area contributed by atoms with Crippen LogP contribution in [0.1, 0.15) is 30.9 Å². The minimum absolute atomic E-state index is 0.0605. The van der Waals surface area contributed by atoms with Gasteiger partial charge in [-0.1, -0.05) is 6.08 Å². The van der Waals surface area contributed by atoms with Gasteiger partial charge in [-0.05, 0) is 31.1 Å². The maximum absolute atomic E-state index is 13.7. The number of ketones is 2.